The molecule has 0 aromatic heterocycles. The highest BCUT2D eigenvalue weighted by atomic mass is 15.2. The van der Waals surface area contributed by atoms with Gasteiger partial charge in [0.2, 0.25) is 0 Å². The standard InChI is InChI=1S/C22H29N3/c1-14(2)20-13-16-9-5-6-10-17(16)22(25-23)21(24-15(3)4)19-12-8-7-11-18(19)20/h5-12,14-15,20,24-25H,13,23H2,1-4H3/b22-21-. The van der Waals surface area contributed by atoms with E-state index >= 15 is 0 Å². The normalized spacial score (nSPS) is 19.9. The zero-order chi connectivity index (χ0) is 18.0. The maximum absolute atomic E-state index is 6.01. The van der Waals surface area contributed by atoms with E-state index in [4.69, 9.17) is 5.84 Å². The maximum atomic E-state index is 6.01. The second kappa shape index (κ2) is 7.32. The van der Waals surface area contributed by atoms with E-state index in [-0.39, 0.29) is 0 Å². The molecule has 0 saturated heterocycles. The van der Waals surface area contributed by atoms with Gasteiger partial charge >= 0.3 is 0 Å². The summed E-state index contributed by atoms with van der Waals surface area (Å²) < 4.78 is 0. The number of rotatable bonds is 4. The summed E-state index contributed by atoms with van der Waals surface area (Å²) in [6.07, 6.45) is 1.02. The van der Waals surface area contributed by atoms with Crippen LogP contribution in [0.3, 0.4) is 0 Å². The number of nitrogens with two attached hydrogens (primary N) is 1. The molecule has 3 nitrogen and oxygen atoms in total. The van der Waals surface area contributed by atoms with Gasteiger partial charge in [-0.1, -0.05) is 62.4 Å². The van der Waals surface area contributed by atoms with Gasteiger partial charge in [0.25, 0.3) is 0 Å². The minimum absolute atomic E-state index is 0.315. The molecule has 0 amide bonds. The first kappa shape index (κ1) is 17.6. The van der Waals surface area contributed by atoms with Gasteiger partial charge in [0, 0.05) is 17.2 Å². The van der Waals surface area contributed by atoms with Crippen molar-refractivity contribution < 1.29 is 0 Å². The fraction of sp³-hybridized carbons (Fsp3) is 0.364. The van der Waals surface area contributed by atoms with E-state index in [1.54, 1.807) is 0 Å². The van der Waals surface area contributed by atoms with Crippen LogP contribution in [0.4, 0.5) is 0 Å². The molecule has 4 N–H and O–H groups in total. The van der Waals surface area contributed by atoms with Crippen molar-refractivity contribution in [2.75, 3.05) is 0 Å². The van der Waals surface area contributed by atoms with Crippen LogP contribution in [0.5, 0.6) is 0 Å². The quantitative estimate of drug-likeness (QED) is 0.578. The third kappa shape index (κ3) is 3.42. The summed E-state index contributed by atoms with van der Waals surface area (Å²) in [5, 5.41) is 3.64. The Morgan fingerprint density at radius 3 is 2.16 bits per heavy atom. The van der Waals surface area contributed by atoms with Crippen molar-refractivity contribution in [3.8, 4) is 0 Å². The molecule has 0 heterocycles. The van der Waals surface area contributed by atoms with Gasteiger partial charge in [0.05, 0.1) is 11.4 Å². The Kier molecular flexibility index (Phi) is 5.14. The number of hydrogen-bond donors (Lipinski definition) is 3. The second-order valence-corrected chi connectivity index (χ2v) is 7.49. The van der Waals surface area contributed by atoms with Crippen molar-refractivity contribution in [2.24, 2.45) is 11.8 Å². The van der Waals surface area contributed by atoms with E-state index < -0.39 is 0 Å². The zero-order valence-electron chi connectivity index (χ0n) is 15.6. The summed E-state index contributed by atoms with van der Waals surface area (Å²) in [7, 11) is 0. The second-order valence-electron chi connectivity index (χ2n) is 7.49. The molecule has 1 aliphatic rings. The summed E-state index contributed by atoms with van der Waals surface area (Å²) in [5.41, 5.74) is 10.2. The van der Waals surface area contributed by atoms with E-state index in [0.717, 1.165) is 17.8 Å². The smallest absolute Gasteiger partial charge is 0.0800 e. The van der Waals surface area contributed by atoms with E-state index in [1.807, 2.05) is 0 Å². The summed E-state index contributed by atoms with van der Waals surface area (Å²) >= 11 is 0. The molecule has 1 aliphatic carbocycles. The number of hydrogen-bond acceptors (Lipinski definition) is 3. The molecule has 0 fully saturated rings. The SMILES string of the molecule is CC(C)N/C1=C(\NN)c2ccccc2CC(C(C)C)c2ccccc21. The minimum Gasteiger partial charge on any atom is -0.381 e. The van der Waals surface area contributed by atoms with Crippen molar-refractivity contribution in [3.05, 3.63) is 70.8 Å². The van der Waals surface area contributed by atoms with Crippen molar-refractivity contribution in [1.29, 1.82) is 0 Å². The Morgan fingerprint density at radius 2 is 1.52 bits per heavy atom. The van der Waals surface area contributed by atoms with Gasteiger partial charge in [0.1, 0.15) is 0 Å². The van der Waals surface area contributed by atoms with Crippen molar-refractivity contribution in [3.63, 3.8) is 0 Å². The summed E-state index contributed by atoms with van der Waals surface area (Å²) in [6, 6.07) is 17.6. The Bertz CT molecular complexity index is 774. The molecule has 0 saturated carbocycles. The molecular weight excluding hydrogens is 306 g/mol. The van der Waals surface area contributed by atoms with E-state index in [2.05, 4.69) is 87.0 Å². The number of nitrogens with one attached hydrogen (secondary N) is 2. The average Bonchev–Trinajstić information content (AvgIpc) is 2.58. The molecular formula is C22H29N3. The molecule has 3 heteroatoms. The number of hydrazine groups is 1. The van der Waals surface area contributed by atoms with Crippen LogP contribution in [-0.4, -0.2) is 6.04 Å². The van der Waals surface area contributed by atoms with Crippen LogP contribution >= 0.6 is 0 Å². The van der Waals surface area contributed by atoms with Crippen molar-refractivity contribution >= 4 is 11.4 Å². The van der Waals surface area contributed by atoms with Gasteiger partial charge in [-0.05, 0) is 43.2 Å². The van der Waals surface area contributed by atoms with Crippen molar-refractivity contribution in [2.45, 2.75) is 46.1 Å². The van der Waals surface area contributed by atoms with Gasteiger partial charge < -0.3 is 10.7 Å². The molecule has 2 aromatic rings. The Morgan fingerprint density at radius 1 is 0.880 bits per heavy atom. The first-order valence-corrected chi connectivity index (χ1v) is 9.18. The molecule has 25 heavy (non-hydrogen) atoms. The first-order chi connectivity index (χ1) is 12.0. The molecule has 0 spiro atoms. The van der Waals surface area contributed by atoms with Gasteiger partial charge in [-0.25, -0.2) is 0 Å². The summed E-state index contributed by atoms with van der Waals surface area (Å²) in [6.45, 7) is 8.95. The van der Waals surface area contributed by atoms with Crippen LogP contribution in [0.1, 0.15) is 55.9 Å². The fourth-order valence-corrected chi connectivity index (χ4v) is 3.79. The lowest BCUT2D eigenvalue weighted by atomic mass is 9.77. The van der Waals surface area contributed by atoms with Crippen LogP contribution in [0.15, 0.2) is 48.5 Å². The molecule has 3 rings (SSSR count). The van der Waals surface area contributed by atoms with Crippen LogP contribution in [0.2, 0.25) is 0 Å². The highest BCUT2D eigenvalue weighted by Crippen LogP contribution is 2.39. The molecule has 0 aliphatic heterocycles. The molecule has 0 radical (unpaired) electrons. The van der Waals surface area contributed by atoms with Gasteiger partial charge in [0.15, 0.2) is 0 Å². The van der Waals surface area contributed by atoms with Crippen molar-refractivity contribution in [1.82, 2.24) is 10.7 Å². The van der Waals surface area contributed by atoms with Crippen LogP contribution in [0, 0.1) is 5.92 Å². The highest BCUT2D eigenvalue weighted by molar-refractivity contribution is 5.91. The Labute approximate surface area is 151 Å². The van der Waals surface area contributed by atoms with Crippen LogP contribution in [0.25, 0.3) is 11.4 Å². The van der Waals surface area contributed by atoms with Gasteiger partial charge in [-0.3, -0.25) is 5.84 Å². The average molecular weight is 335 g/mol. The summed E-state index contributed by atoms with van der Waals surface area (Å²) in [5.74, 6) is 7.04. The lowest BCUT2D eigenvalue weighted by molar-refractivity contribution is 0.493. The number of fused-ring (bicyclic) bond motifs is 2. The van der Waals surface area contributed by atoms with E-state index in [9.17, 15) is 0 Å². The predicted molar refractivity (Wildman–Crippen MR) is 107 cm³/mol. The zero-order valence-corrected chi connectivity index (χ0v) is 15.6. The molecule has 0 bridgehead atoms. The van der Waals surface area contributed by atoms with E-state index in [1.165, 1.54) is 22.3 Å². The van der Waals surface area contributed by atoms with E-state index in [0.29, 0.717) is 17.9 Å². The monoisotopic (exact) mass is 335 g/mol. The van der Waals surface area contributed by atoms with Gasteiger partial charge in [-0.2, -0.15) is 0 Å². The Hall–Kier alpha value is -2.26. The third-order valence-electron chi connectivity index (χ3n) is 4.99. The lowest BCUT2D eigenvalue weighted by Crippen LogP contribution is -2.31. The predicted octanol–water partition coefficient (Wildman–Crippen LogP) is 4.27. The van der Waals surface area contributed by atoms with Crippen LogP contribution in [-0.2, 0) is 6.42 Å². The lowest BCUT2D eigenvalue weighted by Gasteiger charge is -2.31. The molecule has 1 unspecified atom stereocenters. The minimum atomic E-state index is 0.315. The van der Waals surface area contributed by atoms with Gasteiger partial charge in [-0.15, -0.1) is 0 Å². The van der Waals surface area contributed by atoms with Crippen LogP contribution < -0.4 is 16.6 Å². The topological polar surface area (TPSA) is 50.1 Å². The molecule has 2 aromatic carbocycles. The third-order valence-corrected chi connectivity index (χ3v) is 4.99. The maximum Gasteiger partial charge on any atom is 0.0800 e. The summed E-state index contributed by atoms with van der Waals surface area (Å²) in [4.78, 5) is 0. The highest BCUT2D eigenvalue weighted by Gasteiger charge is 2.27. The fourth-order valence-electron chi connectivity index (χ4n) is 3.79. The molecule has 132 valence electrons. The molecule has 1 atom stereocenters. The largest absolute Gasteiger partial charge is 0.381 e. The number of benzene rings is 2. The first-order valence-electron chi connectivity index (χ1n) is 9.18. The Balaban J connectivity index is 2.34.